The van der Waals surface area contributed by atoms with Gasteiger partial charge in [-0.05, 0) is 64.0 Å². The topological polar surface area (TPSA) is 93.1 Å². The minimum Gasteiger partial charge on any atom is -0.353 e. The number of hydrogen-bond donors (Lipinski definition) is 2. The number of sulfone groups is 1. The average molecular weight is 395 g/mol. The van der Waals surface area contributed by atoms with Crippen molar-refractivity contribution < 1.29 is 13.2 Å². The van der Waals surface area contributed by atoms with E-state index in [4.69, 9.17) is 0 Å². The van der Waals surface area contributed by atoms with Crippen LogP contribution in [0.3, 0.4) is 0 Å². The zero-order chi connectivity index (χ0) is 19.1. The van der Waals surface area contributed by atoms with Gasteiger partial charge in [-0.1, -0.05) is 0 Å². The van der Waals surface area contributed by atoms with E-state index in [9.17, 15) is 13.2 Å². The van der Waals surface area contributed by atoms with E-state index >= 15 is 0 Å². The number of aryl methyl sites for hydroxylation is 1. The van der Waals surface area contributed by atoms with Crippen molar-refractivity contribution in [3.05, 3.63) is 18.0 Å². The van der Waals surface area contributed by atoms with Gasteiger partial charge < -0.3 is 10.6 Å². The zero-order valence-electron chi connectivity index (χ0n) is 16.0. The van der Waals surface area contributed by atoms with Crippen LogP contribution in [0.4, 0.5) is 0 Å². The SMILES string of the molecule is CCn1ccc(CNCC2CC3(C2)CC(NC(=O)C2CC2)CCS3(=O)=O)n1. The standard InChI is InChI=1S/C19H30N4O3S/c1-2-23-7-5-17(22-23)13-20-12-14-9-19(10-14)11-16(6-8-27(19,25)26)21-18(24)15-3-4-15/h5,7,14-16,20H,2-4,6,8-13H2,1H3,(H,21,24). The Kier molecular flexibility index (Phi) is 5.05. The van der Waals surface area contributed by atoms with Gasteiger partial charge in [0.1, 0.15) is 0 Å². The van der Waals surface area contributed by atoms with Gasteiger partial charge in [0.05, 0.1) is 16.2 Å². The minimum absolute atomic E-state index is 0.0218. The van der Waals surface area contributed by atoms with Gasteiger partial charge in [0.25, 0.3) is 0 Å². The van der Waals surface area contributed by atoms with Crippen LogP contribution in [0, 0.1) is 11.8 Å². The molecule has 1 spiro atoms. The van der Waals surface area contributed by atoms with Gasteiger partial charge in [0.2, 0.25) is 5.91 Å². The van der Waals surface area contributed by atoms with Crippen LogP contribution in [0.25, 0.3) is 0 Å². The van der Waals surface area contributed by atoms with Crippen molar-refractivity contribution in [2.75, 3.05) is 12.3 Å². The largest absolute Gasteiger partial charge is 0.353 e. The molecule has 0 bridgehead atoms. The van der Waals surface area contributed by atoms with Crippen molar-refractivity contribution in [2.24, 2.45) is 11.8 Å². The molecule has 1 aromatic heterocycles. The number of aromatic nitrogens is 2. The molecule has 8 heteroatoms. The smallest absolute Gasteiger partial charge is 0.223 e. The number of carbonyl (C=O) groups is 1. The summed E-state index contributed by atoms with van der Waals surface area (Å²) in [7, 11) is -3.06. The third-order valence-electron chi connectivity index (χ3n) is 6.39. The highest BCUT2D eigenvalue weighted by molar-refractivity contribution is 7.92. The Balaban J connectivity index is 1.27. The van der Waals surface area contributed by atoms with Crippen LogP contribution in [0.5, 0.6) is 0 Å². The minimum atomic E-state index is -3.06. The molecule has 1 saturated heterocycles. The fraction of sp³-hybridized carbons (Fsp3) is 0.789. The summed E-state index contributed by atoms with van der Waals surface area (Å²) in [6, 6.07) is 2.03. The predicted molar refractivity (Wildman–Crippen MR) is 103 cm³/mol. The Morgan fingerprint density at radius 3 is 2.74 bits per heavy atom. The van der Waals surface area contributed by atoms with E-state index in [1.165, 1.54) is 0 Å². The monoisotopic (exact) mass is 394 g/mol. The summed E-state index contributed by atoms with van der Waals surface area (Å²) in [4.78, 5) is 12.0. The number of amides is 1. The number of nitrogens with zero attached hydrogens (tertiary/aromatic N) is 2. The summed E-state index contributed by atoms with van der Waals surface area (Å²) < 4.78 is 26.7. The van der Waals surface area contributed by atoms with E-state index in [0.717, 1.165) is 31.6 Å². The van der Waals surface area contributed by atoms with Crippen LogP contribution >= 0.6 is 0 Å². The quantitative estimate of drug-likeness (QED) is 0.726. The molecular weight excluding hydrogens is 364 g/mol. The number of carbonyl (C=O) groups excluding carboxylic acids is 1. The number of rotatable bonds is 7. The first-order valence-corrected chi connectivity index (χ1v) is 11.8. The molecular formula is C19H30N4O3S. The second kappa shape index (κ2) is 7.20. The van der Waals surface area contributed by atoms with Crippen molar-refractivity contribution >= 4 is 15.7 Å². The van der Waals surface area contributed by atoms with Crippen LogP contribution in [0.2, 0.25) is 0 Å². The molecule has 150 valence electrons. The molecule has 2 N–H and O–H groups in total. The fourth-order valence-electron chi connectivity index (χ4n) is 4.62. The molecule has 2 aliphatic carbocycles. The summed E-state index contributed by atoms with van der Waals surface area (Å²) in [6.45, 7) is 4.45. The van der Waals surface area contributed by atoms with E-state index in [1.807, 2.05) is 16.9 Å². The van der Waals surface area contributed by atoms with Crippen LogP contribution in [-0.4, -0.2) is 47.2 Å². The molecule has 2 saturated carbocycles. The zero-order valence-corrected chi connectivity index (χ0v) is 16.8. The maximum Gasteiger partial charge on any atom is 0.223 e. The van der Waals surface area contributed by atoms with Crippen molar-refractivity contribution in [1.29, 1.82) is 0 Å². The normalized spacial score (nSPS) is 32.2. The summed E-state index contributed by atoms with van der Waals surface area (Å²) >= 11 is 0. The lowest BCUT2D eigenvalue weighted by molar-refractivity contribution is -0.123. The Hall–Kier alpha value is -1.41. The summed E-state index contributed by atoms with van der Waals surface area (Å²) in [5, 5.41) is 11.0. The molecule has 1 unspecified atom stereocenters. The molecule has 3 aliphatic rings. The number of nitrogens with one attached hydrogen (secondary N) is 2. The van der Waals surface area contributed by atoms with Gasteiger partial charge in [-0.25, -0.2) is 8.42 Å². The maximum absolute atomic E-state index is 12.7. The molecule has 1 aromatic rings. The van der Waals surface area contributed by atoms with Crippen LogP contribution < -0.4 is 10.6 Å². The highest BCUT2D eigenvalue weighted by Gasteiger charge is 2.56. The fourth-order valence-corrected chi connectivity index (χ4v) is 7.08. The first kappa shape index (κ1) is 18.9. The molecule has 0 radical (unpaired) electrons. The van der Waals surface area contributed by atoms with Gasteiger partial charge in [-0.3, -0.25) is 9.48 Å². The van der Waals surface area contributed by atoms with E-state index in [1.54, 1.807) is 0 Å². The van der Waals surface area contributed by atoms with Crippen LogP contribution in [0.1, 0.15) is 51.1 Å². The molecule has 4 rings (SSSR count). The van der Waals surface area contributed by atoms with Crippen LogP contribution in [-0.2, 0) is 27.7 Å². The van der Waals surface area contributed by atoms with E-state index < -0.39 is 14.6 Å². The lowest BCUT2D eigenvalue weighted by Crippen LogP contribution is -2.60. The molecule has 27 heavy (non-hydrogen) atoms. The highest BCUT2D eigenvalue weighted by Crippen LogP contribution is 2.50. The van der Waals surface area contributed by atoms with Gasteiger partial charge in [-0.2, -0.15) is 5.10 Å². The Morgan fingerprint density at radius 2 is 2.07 bits per heavy atom. The first-order valence-electron chi connectivity index (χ1n) is 10.2. The van der Waals surface area contributed by atoms with E-state index in [0.29, 0.717) is 38.1 Å². The first-order chi connectivity index (χ1) is 12.9. The average Bonchev–Trinajstić information content (AvgIpc) is 3.35. The third-order valence-corrected chi connectivity index (χ3v) is 8.98. The summed E-state index contributed by atoms with van der Waals surface area (Å²) in [5.41, 5.74) is 1.01. The predicted octanol–water partition coefficient (Wildman–Crippen LogP) is 1.24. The molecule has 1 aliphatic heterocycles. The van der Waals surface area contributed by atoms with Crippen molar-refractivity contribution in [2.45, 2.75) is 69.3 Å². The second-order valence-corrected chi connectivity index (χ2v) is 11.0. The van der Waals surface area contributed by atoms with E-state index in [-0.39, 0.29) is 23.6 Å². The summed E-state index contributed by atoms with van der Waals surface area (Å²) in [6.07, 6.45) is 6.50. The number of hydrogen-bond acceptors (Lipinski definition) is 5. The molecule has 0 aromatic carbocycles. The maximum atomic E-state index is 12.7. The van der Waals surface area contributed by atoms with Gasteiger partial charge in [0, 0.05) is 31.2 Å². The Bertz CT molecular complexity index is 794. The van der Waals surface area contributed by atoms with Gasteiger partial charge >= 0.3 is 0 Å². The Morgan fingerprint density at radius 1 is 1.30 bits per heavy atom. The van der Waals surface area contributed by atoms with Crippen molar-refractivity contribution in [3.63, 3.8) is 0 Å². The Labute approximate surface area is 161 Å². The van der Waals surface area contributed by atoms with E-state index in [2.05, 4.69) is 22.7 Å². The lowest BCUT2D eigenvalue weighted by atomic mass is 9.70. The van der Waals surface area contributed by atoms with Crippen LogP contribution in [0.15, 0.2) is 12.3 Å². The second-order valence-electron chi connectivity index (χ2n) is 8.54. The molecule has 2 heterocycles. The lowest BCUT2D eigenvalue weighted by Gasteiger charge is -2.51. The van der Waals surface area contributed by atoms with Crippen molar-refractivity contribution in [3.8, 4) is 0 Å². The van der Waals surface area contributed by atoms with Gasteiger partial charge in [-0.15, -0.1) is 0 Å². The molecule has 3 fully saturated rings. The molecule has 7 nitrogen and oxygen atoms in total. The summed E-state index contributed by atoms with van der Waals surface area (Å²) in [5.74, 6) is 0.885. The molecule has 1 atom stereocenters. The molecule has 1 amide bonds. The third kappa shape index (κ3) is 3.92. The van der Waals surface area contributed by atoms with Crippen molar-refractivity contribution in [1.82, 2.24) is 20.4 Å². The highest BCUT2D eigenvalue weighted by atomic mass is 32.2. The van der Waals surface area contributed by atoms with Gasteiger partial charge in [0.15, 0.2) is 9.84 Å².